The second-order valence-electron chi connectivity index (χ2n) is 8.10. The van der Waals surface area contributed by atoms with Gasteiger partial charge in [-0.2, -0.15) is 0 Å². The van der Waals surface area contributed by atoms with Crippen LogP contribution in [0.4, 0.5) is 11.4 Å². The number of anilines is 2. The van der Waals surface area contributed by atoms with Crippen LogP contribution in [0.15, 0.2) is 109 Å². The molecule has 0 bridgehead atoms. The van der Waals surface area contributed by atoms with Crippen molar-refractivity contribution in [2.75, 3.05) is 24.7 Å². The van der Waals surface area contributed by atoms with Gasteiger partial charge in [0.2, 0.25) is 0 Å². The quantitative estimate of drug-likeness (QED) is 0.302. The average Bonchev–Trinajstić information content (AvgIpc) is 2.92. The van der Waals surface area contributed by atoms with Crippen molar-refractivity contribution in [2.45, 2.75) is 6.92 Å². The van der Waals surface area contributed by atoms with Crippen molar-refractivity contribution in [1.29, 1.82) is 0 Å². The minimum Gasteiger partial charge on any atom is -0.492 e. The summed E-state index contributed by atoms with van der Waals surface area (Å²) in [5.74, 6) is 0.532. The molecule has 4 aromatic rings. The van der Waals surface area contributed by atoms with Crippen molar-refractivity contribution in [3.63, 3.8) is 0 Å². The number of aryl methyl sites for hydroxylation is 1. The molecule has 0 aliphatic rings. The molecule has 0 aliphatic carbocycles. The predicted molar refractivity (Wildman–Crippen MR) is 141 cm³/mol. The van der Waals surface area contributed by atoms with E-state index < -0.39 is 0 Å². The van der Waals surface area contributed by atoms with Crippen LogP contribution in [-0.2, 0) is 4.79 Å². The Hall–Kier alpha value is -4.58. The number of nitrogens with zero attached hydrogens (tertiary/aromatic N) is 1. The van der Waals surface area contributed by atoms with Gasteiger partial charge in [0.05, 0.1) is 12.1 Å². The van der Waals surface area contributed by atoms with E-state index in [1.807, 2.05) is 91.9 Å². The topological polar surface area (TPSA) is 67.9 Å². The largest absolute Gasteiger partial charge is 0.492 e. The number of hydrogen-bond acceptors (Lipinski definition) is 4. The summed E-state index contributed by atoms with van der Waals surface area (Å²) in [5, 5.41) is 2.84. The zero-order valence-electron chi connectivity index (χ0n) is 20.1. The lowest BCUT2D eigenvalue weighted by atomic mass is 10.2. The van der Waals surface area contributed by atoms with E-state index in [0.29, 0.717) is 24.5 Å². The highest BCUT2D eigenvalue weighted by molar-refractivity contribution is 6.01. The third-order valence-corrected chi connectivity index (χ3v) is 5.44. The molecule has 6 nitrogen and oxygen atoms in total. The summed E-state index contributed by atoms with van der Waals surface area (Å²) >= 11 is 0. The Balaban J connectivity index is 1.38. The summed E-state index contributed by atoms with van der Waals surface area (Å²) in [6.45, 7) is 2.44. The van der Waals surface area contributed by atoms with Crippen LogP contribution in [0.2, 0.25) is 0 Å². The van der Waals surface area contributed by atoms with Crippen molar-refractivity contribution in [2.24, 2.45) is 0 Å². The van der Waals surface area contributed by atoms with E-state index in [1.165, 1.54) is 0 Å². The molecule has 0 aromatic heterocycles. The van der Waals surface area contributed by atoms with E-state index in [0.717, 1.165) is 22.7 Å². The zero-order chi connectivity index (χ0) is 25.2. The Morgan fingerprint density at radius 1 is 0.722 bits per heavy atom. The minimum absolute atomic E-state index is 0.232. The number of carbonyl (C=O) groups excluding carboxylic acids is 2. The highest BCUT2D eigenvalue weighted by Gasteiger charge is 2.20. The number of para-hydroxylation sites is 3. The number of amides is 2. The Morgan fingerprint density at radius 2 is 1.31 bits per heavy atom. The van der Waals surface area contributed by atoms with Crippen LogP contribution in [-0.4, -0.2) is 31.6 Å². The van der Waals surface area contributed by atoms with Gasteiger partial charge in [0.1, 0.15) is 18.1 Å². The summed E-state index contributed by atoms with van der Waals surface area (Å²) in [4.78, 5) is 27.7. The first kappa shape index (κ1) is 24.5. The third kappa shape index (κ3) is 6.51. The lowest BCUT2D eigenvalue weighted by Gasteiger charge is -2.23. The number of ether oxygens (including phenoxy) is 2. The van der Waals surface area contributed by atoms with Crippen LogP contribution in [0.5, 0.6) is 11.5 Å². The predicted octanol–water partition coefficient (Wildman–Crippen LogP) is 5.55. The zero-order valence-corrected chi connectivity index (χ0v) is 20.1. The van der Waals surface area contributed by atoms with Crippen molar-refractivity contribution in [3.05, 3.63) is 120 Å². The maximum Gasteiger partial charge on any atom is 0.269 e. The third-order valence-electron chi connectivity index (χ3n) is 5.44. The normalized spacial score (nSPS) is 10.4. The number of rotatable bonds is 10. The van der Waals surface area contributed by atoms with Crippen LogP contribution in [0.3, 0.4) is 0 Å². The second kappa shape index (κ2) is 12.2. The number of benzene rings is 4. The van der Waals surface area contributed by atoms with E-state index in [4.69, 9.17) is 9.47 Å². The molecular weight excluding hydrogens is 452 g/mol. The summed E-state index contributed by atoms with van der Waals surface area (Å²) < 4.78 is 11.5. The van der Waals surface area contributed by atoms with Crippen LogP contribution >= 0.6 is 0 Å². The first-order chi connectivity index (χ1) is 17.6. The molecule has 6 heteroatoms. The molecule has 0 heterocycles. The van der Waals surface area contributed by atoms with Crippen LogP contribution < -0.4 is 19.7 Å². The molecule has 0 radical (unpaired) electrons. The number of hydrogen-bond donors (Lipinski definition) is 1. The van der Waals surface area contributed by atoms with E-state index in [2.05, 4.69) is 5.32 Å². The first-order valence-corrected chi connectivity index (χ1v) is 11.7. The van der Waals surface area contributed by atoms with E-state index in [9.17, 15) is 9.59 Å². The fraction of sp³-hybridized carbons (Fsp3) is 0.133. The Kier molecular flexibility index (Phi) is 8.33. The van der Waals surface area contributed by atoms with Gasteiger partial charge in [-0.05, 0) is 55.5 Å². The summed E-state index contributed by atoms with van der Waals surface area (Å²) in [6.07, 6.45) is 0. The molecule has 4 aromatic carbocycles. The molecular formula is C30H28N2O4. The summed E-state index contributed by atoms with van der Waals surface area (Å²) in [5.41, 5.74) is 2.97. The van der Waals surface area contributed by atoms with Crippen LogP contribution in [0, 0.1) is 6.92 Å². The molecule has 36 heavy (non-hydrogen) atoms. The number of carbonyl (C=O) groups is 2. The summed E-state index contributed by atoms with van der Waals surface area (Å²) in [7, 11) is 0. The first-order valence-electron chi connectivity index (χ1n) is 11.7. The molecule has 4 rings (SSSR count). The molecule has 0 fully saturated rings. The van der Waals surface area contributed by atoms with Crippen molar-refractivity contribution in [3.8, 4) is 11.5 Å². The highest BCUT2D eigenvalue weighted by atomic mass is 16.5. The van der Waals surface area contributed by atoms with Gasteiger partial charge in [-0.15, -0.1) is 0 Å². The van der Waals surface area contributed by atoms with Crippen LogP contribution in [0.25, 0.3) is 0 Å². The lowest BCUT2D eigenvalue weighted by molar-refractivity contribution is -0.119. The van der Waals surface area contributed by atoms with Gasteiger partial charge in [-0.1, -0.05) is 66.2 Å². The molecule has 0 unspecified atom stereocenters. The Morgan fingerprint density at radius 3 is 1.94 bits per heavy atom. The van der Waals surface area contributed by atoms with Crippen molar-refractivity contribution < 1.29 is 19.1 Å². The lowest BCUT2D eigenvalue weighted by Crippen LogP contribution is -2.32. The number of nitrogens with one attached hydrogen (secondary N) is 1. The van der Waals surface area contributed by atoms with E-state index >= 15 is 0 Å². The molecule has 182 valence electrons. The summed E-state index contributed by atoms with van der Waals surface area (Å²) in [6, 6.07) is 33.4. The van der Waals surface area contributed by atoms with E-state index in [1.54, 1.807) is 29.2 Å². The van der Waals surface area contributed by atoms with Gasteiger partial charge in [0.15, 0.2) is 6.61 Å². The van der Waals surface area contributed by atoms with Crippen molar-refractivity contribution >= 4 is 23.2 Å². The molecule has 1 N–H and O–H groups in total. The maximum absolute atomic E-state index is 13.2. The molecule has 0 saturated carbocycles. The monoisotopic (exact) mass is 480 g/mol. The fourth-order valence-corrected chi connectivity index (χ4v) is 3.64. The fourth-order valence-electron chi connectivity index (χ4n) is 3.64. The van der Waals surface area contributed by atoms with Gasteiger partial charge in [0, 0.05) is 11.4 Å². The van der Waals surface area contributed by atoms with Gasteiger partial charge in [0.25, 0.3) is 11.8 Å². The second-order valence-corrected chi connectivity index (χ2v) is 8.10. The van der Waals surface area contributed by atoms with Gasteiger partial charge < -0.3 is 14.8 Å². The maximum atomic E-state index is 13.2. The standard InChI is InChI=1S/C30H28N2O4/c1-23-16-18-26(19-17-23)35-21-20-31-30(34)27-14-8-9-15-28(27)36-22-29(33)32(24-10-4-2-5-11-24)25-12-6-3-7-13-25/h2-19H,20-22H2,1H3,(H,31,34). The van der Waals surface area contributed by atoms with Gasteiger partial charge >= 0.3 is 0 Å². The average molecular weight is 481 g/mol. The molecule has 0 atom stereocenters. The molecule has 0 spiro atoms. The highest BCUT2D eigenvalue weighted by Crippen LogP contribution is 2.26. The Bertz CT molecular complexity index is 1240. The Labute approximate surface area is 211 Å². The SMILES string of the molecule is Cc1ccc(OCCNC(=O)c2ccccc2OCC(=O)N(c2ccccc2)c2ccccc2)cc1. The minimum atomic E-state index is -0.298. The molecule has 0 saturated heterocycles. The molecule has 2 amide bonds. The van der Waals surface area contributed by atoms with Gasteiger partial charge in [-0.25, -0.2) is 0 Å². The van der Waals surface area contributed by atoms with Crippen LogP contribution in [0.1, 0.15) is 15.9 Å². The smallest absolute Gasteiger partial charge is 0.269 e. The van der Waals surface area contributed by atoms with E-state index in [-0.39, 0.29) is 18.4 Å². The van der Waals surface area contributed by atoms with Crippen molar-refractivity contribution in [1.82, 2.24) is 5.32 Å². The van der Waals surface area contributed by atoms with Gasteiger partial charge in [-0.3, -0.25) is 14.5 Å². The molecule has 0 aliphatic heterocycles.